The van der Waals surface area contributed by atoms with E-state index in [1.165, 1.54) is 0 Å². The smallest absolute Gasteiger partial charge is 0.253 e. The van der Waals surface area contributed by atoms with Crippen molar-refractivity contribution in [1.82, 2.24) is 20.1 Å². The average Bonchev–Trinajstić information content (AvgIpc) is 3.02. The number of primary amides is 1. The fraction of sp³-hybridized carbons (Fsp3) is 0.263. The molecule has 2 aromatic heterocycles. The van der Waals surface area contributed by atoms with Gasteiger partial charge in [-0.1, -0.05) is 12.1 Å². The minimum atomic E-state index is -0.495. The Morgan fingerprint density at radius 3 is 2.73 bits per heavy atom. The van der Waals surface area contributed by atoms with Gasteiger partial charge in [-0.2, -0.15) is 5.10 Å². The first-order valence-electron chi connectivity index (χ1n) is 8.38. The summed E-state index contributed by atoms with van der Waals surface area (Å²) in [5, 5.41) is 8.02. The number of nitrogens with zero attached hydrogens (tertiary/aromatic N) is 3. The molecule has 26 heavy (non-hydrogen) atoms. The predicted octanol–water partition coefficient (Wildman–Crippen LogP) is 2.35. The van der Waals surface area contributed by atoms with Gasteiger partial charge in [-0.15, -0.1) is 0 Å². The van der Waals surface area contributed by atoms with Gasteiger partial charge in [-0.25, -0.2) is 9.67 Å². The number of fused-ring (bicyclic) bond motifs is 1. The van der Waals surface area contributed by atoms with Crippen molar-refractivity contribution in [2.75, 3.05) is 0 Å². The molecule has 0 bridgehead atoms. The maximum Gasteiger partial charge on any atom is 0.253 e. The lowest BCUT2D eigenvalue weighted by Gasteiger charge is -2.10. The van der Waals surface area contributed by atoms with E-state index in [-0.39, 0.29) is 11.9 Å². The van der Waals surface area contributed by atoms with E-state index in [9.17, 15) is 9.59 Å². The zero-order valence-electron chi connectivity index (χ0n) is 15.0. The van der Waals surface area contributed by atoms with Gasteiger partial charge in [0.1, 0.15) is 0 Å². The van der Waals surface area contributed by atoms with Gasteiger partial charge >= 0.3 is 0 Å². The Labute approximate surface area is 151 Å². The van der Waals surface area contributed by atoms with Crippen LogP contribution in [0.25, 0.3) is 11.0 Å². The number of nitrogens with two attached hydrogens (primary N) is 1. The van der Waals surface area contributed by atoms with Crippen LogP contribution in [0.15, 0.2) is 36.5 Å². The van der Waals surface area contributed by atoms with Crippen molar-refractivity contribution < 1.29 is 9.59 Å². The summed E-state index contributed by atoms with van der Waals surface area (Å²) in [5.74, 6) is -0.718. The number of nitrogens with one attached hydrogen (secondary N) is 1. The molecule has 2 heterocycles. The van der Waals surface area contributed by atoms with Crippen molar-refractivity contribution >= 4 is 22.8 Å². The van der Waals surface area contributed by atoms with Crippen LogP contribution in [0.4, 0.5) is 0 Å². The zero-order valence-corrected chi connectivity index (χ0v) is 15.0. The first-order valence-corrected chi connectivity index (χ1v) is 8.38. The van der Waals surface area contributed by atoms with Crippen LogP contribution in [0.2, 0.25) is 0 Å². The molecule has 0 radical (unpaired) electrons. The number of carbonyl (C=O) groups excluding carboxylic acids is 2. The normalized spacial score (nSPS) is 11.1. The maximum atomic E-state index is 12.6. The summed E-state index contributed by atoms with van der Waals surface area (Å²) >= 11 is 0. The van der Waals surface area contributed by atoms with Gasteiger partial charge in [0.2, 0.25) is 5.91 Å². The van der Waals surface area contributed by atoms with E-state index in [0.29, 0.717) is 23.4 Å². The highest BCUT2D eigenvalue weighted by atomic mass is 16.2. The van der Waals surface area contributed by atoms with Gasteiger partial charge in [0.05, 0.1) is 17.5 Å². The highest BCUT2D eigenvalue weighted by Gasteiger charge is 2.15. The van der Waals surface area contributed by atoms with Crippen LogP contribution >= 0.6 is 0 Å². The molecule has 0 aliphatic carbocycles. The van der Waals surface area contributed by atoms with Crippen molar-refractivity contribution in [1.29, 1.82) is 0 Å². The Kier molecular flexibility index (Phi) is 4.71. The fourth-order valence-corrected chi connectivity index (χ4v) is 2.79. The number of aryl methyl sites for hydroxylation is 1. The van der Waals surface area contributed by atoms with Crippen LogP contribution in [-0.4, -0.2) is 26.6 Å². The average molecular weight is 351 g/mol. The Morgan fingerprint density at radius 2 is 2.04 bits per heavy atom. The van der Waals surface area contributed by atoms with Gasteiger partial charge < -0.3 is 11.1 Å². The van der Waals surface area contributed by atoms with Gasteiger partial charge in [-0.05, 0) is 44.5 Å². The second-order valence-corrected chi connectivity index (χ2v) is 6.46. The van der Waals surface area contributed by atoms with Crippen LogP contribution in [0.5, 0.6) is 0 Å². The van der Waals surface area contributed by atoms with Gasteiger partial charge in [0.25, 0.3) is 5.91 Å². The molecule has 0 spiro atoms. The highest BCUT2D eigenvalue weighted by Crippen LogP contribution is 2.19. The Morgan fingerprint density at radius 1 is 1.27 bits per heavy atom. The molecule has 0 unspecified atom stereocenters. The number of amides is 2. The van der Waals surface area contributed by atoms with E-state index in [4.69, 9.17) is 5.73 Å². The summed E-state index contributed by atoms with van der Waals surface area (Å²) in [7, 11) is 0. The summed E-state index contributed by atoms with van der Waals surface area (Å²) < 4.78 is 1.83. The molecule has 7 nitrogen and oxygen atoms in total. The lowest BCUT2D eigenvalue weighted by molar-refractivity contribution is 0.0949. The first kappa shape index (κ1) is 17.6. The van der Waals surface area contributed by atoms with E-state index in [0.717, 1.165) is 16.6 Å². The number of aromatic nitrogens is 3. The van der Waals surface area contributed by atoms with Crippen LogP contribution in [0.3, 0.4) is 0 Å². The fourth-order valence-electron chi connectivity index (χ4n) is 2.79. The van der Waals surface area contributed by atoms with Crippen molar-refractivity contribution in [3.8, 4) is 0 Å². The van der Waals surface area contributed by atoms with E-state index in [1.54, 1.807) is 37.4 Å². The summed E-state index contributed by atoms with van der Waals surface area (Å²) in [6, 6.07) is 8.87. The largest absolute Gasteiger partial charge is 0.366 e. The molecule has 0 aliphatic heterocycles. The number of pyridine rings is 1. The van der Waals surface area contributed by atoms with Crippen molar-refractivity contribution in [2.45, 2.75) is 33.4 Å². The molecule has 7 heteroatoms. The molecule has 0 saturated heterocycles. The zero-order chi connectivity index (χ0) is 18.8. The molecule has 1 aromatic carbocycles. The van der Waals surface area contributed by atoms with Crippen molar-refractivity contribution in [3.05, 3.63) is 58.9 Å². The summed E-state index contributed by atoms with van der Waals surface area (Å²) in [6.45, 7) is 6.16. The molecule has 0 aliphatic rings. The summed E-state index contributed by atoms with van der Waals surface area (Å²) in [5.41, 5.74) is 8.41. The second kappa shape index (κ2) is 6.95. The number of benzene rings is 1. The Hall–Kier alpha value is -3.22. The van der Waals surface area contributed by atoms with E-state index >= 15 is 0 Å². The minimum Gasteiger partial charge on any atom is -0.366 e. The molecule has 3 N–H and O–H groups in total. The lowest BCUT2D eigenvalue weighted by atomic mass is 10.1. The van der Waals surface area contributed by atoms with Crippen LogP contribution in [0, 0.1) is 6.92 Å². The molecule has 2 amide bonds. The molecule has 0 saturated carbocycles. The second-order valence-electron chi connectivity index (χ2n) is 6.46. The third-order valence-corrected chi connectivity index (χ3v) is 4.16. The summed E-state index contributed by atoms with van der Waals surface area (Å²) in [6.07, 6.45) is 1.72. The number of rotatable bonds is 5. The molecule has 134 valence electrons. The Bertz CT molecular complexity index is 991. The molecule has 3 aromatic rings. The predicted molar refractivity (Wildman–Crippen MR) is 98.8 cm³/mol. The van der Waals surface area contributed by atoms with Crippen molar-refractivity contribution in [2.24, 2.45) is 5.73 Å². The lowest BCUT2D eigenvalue weighted by Crippen LogP contribution is -2.24. The van der Waals surface area contributed by atoms with Crippen LogP contribution in [0.1, 0.15) is 51.9 Å². The Balaban J connectivity index is 1.81. The number of hydrogen-bond acceptors (Lipinski definition) is 4. The van der Waals surface area contributed by atoms with Gasteiger partial charge in [0.15, 0.2) is 5.65 Å². The maximum absolute atomic E-state index is 12.6. The monoisotopic (exact) mass is 351 g/mol. The van der Waals surface area contributed by atoms with Crippen LogP contribution in [-0.2, 0) is 6.54 Å². The van der Waals surface area contributed by atoms with E-state index in [1.807, 2.05) is 24.6 Å². The quantitative estimate of drug-likeness (QED) is 0.736. The SMILES string of the molecule is Cc1nc2c(cnn2C(C)C)cc1C(=O)NCc1cccc(C(N)=O)c1. The standard InChI is InChI=1S/C19H21N5O2/c1-11(2)24-18-15(10-22-24)8-16(12(3)23-18)19(26)21-9-13-5-4-6-14(7-13)17(20)25/h4-8,10-11H,9H2,1-3H3,(H2,20,25)(H,21,26). The molecule has 0 atom stereocenters. The topological polar surface area (TPSA) is 103 Å². The third-order valence-electron chi connectivity index (χ3n) is 4.16. The third kappa shape index (κ3) is 3.42. The first-order chi connectivity index (χ1) is 12.4. The van der Waals surface area contributed by atoms with Gasteiger partial charge in [-0.3, -0.25) is 9.59 Å². The minimum absolute atomic E-state index is 0.191. The van der Waals surface area contributed by atoms with E-state index in [2.05, 4.69) is 15.4 Å². The molecular weight excluding hydrogens is 330 g/mol. The highest BCUT2D eigenvalue weighted by molar-refractivity contribution is 5.98. The summed E-state index contributed by atoms with van der Waals surface area (Å²) in [4.78, 5) is 28.4. The molecule has 0 fully saturated rings. The van der Waals surface area contributed by atoms with Crippen molar-refractivity contribution in [3.63, 3.8) is 0 Å². The number of carbonyl (C=O) groups is 2. The van der Waals surface area contributed by atoms with Gasteiger partial charge in [0, 0.05) is 23.5 Å². The van der Waals surface area contributed by atoms with Crippen LogP contribution < -0.4 is 11.1 Å². The number of hydrogen-bond donors (Lipinski definition) is 2. The molecule has 3 rings (SSSR count). The van der Waals surface area contributed by atoms with E-state index < -0.39 is 5.91 Å². The molecular formula is C19H21N5O2.